The third-order valence-electron chi connectivity index (χ3n) is 0.642. The topological polar surface area (TPSA) is 26.3 Å². The molecule has 0 radical (unpaired) electrons. The molecule has 8 heavy (non-hydrogen) atoms. The first-order chi connectivity index (χ1) is 3.41. The Kier molecular flexibility index (Phi) is 15.0. The first-order valence-corrected chi connectivity index (χ1v) is 3.09. The largest absolute Gasteiger partial charge is 0.327 e. The number of unbranched alkanes of at least 4 members (excludes halogenated alkanes) is 1. The zero-order chi connectivity index (χ0) is 5.54. The third kappa shape index (κ3) is 9.78. The smallest absolute Gasteiger partial charge is 0.294 e. The maximum Gasteiger partial charge on any atom is 0.327 e. The van der Waals surface area contributed by atoms with Gasteiger partial charge in [-0.1, -0.05) is 13.3 Å². The average molecular weight is 150 g/mol. The fourth-order valence-electron chi connectivity index (χ4n) is 0.246. The molecule has 0 aromatic carbocycles. The minimum atomic E-state index is -0.195. The van der Waals surface area contributed by atoms with E-state index in [2.05, 4.69) is 11.4 Å². The van der Waals surface area contributed by atoms with Gasteiger partial charge in [-0.05, 0) is 6.42 Å². The predicted octanol–water partition coefficient (Wildman–Crippen LogP) is 0.826. The lowest BCUT2D eigenvalue weighted by molar-refractivity contribution is 0.334. The van der Waals surface area contributed by atoms with Crippen LogP contribution in [0.25, 0.3) is 0 Å². The molecule has 0 saturated heterocycles. The van der Waals surface area contributed by atoms with Gasteiger partial charge in [0.2, 0.25) is 0 Å². The molecule has 4 heteroatoms. The molecule has 0 aliphatic rings. The van der Waals surface area contributed by atoms with Crippen LogP contribution >= 0.6 is 8.69 Å². The maximum absolute atomic E-state index is 9.55. The highest BCUT2D eigenvalue weighted by Crippen LogP contribution is 1.96. The van der Waals surface area contributed by atoms with Crippen molar-refractivity contribution >= 4 is 26.0 Å². The van der Waals surface area contributed by atoms with Crippen LogP contribution in [0.1, 0.15) is 19.8 Å². The monoisotopic (exact) mass is 150 g/mol. The lowest BCUT2D eigenvalue weighted by Crippen LogP contribution is -1.79. The van der Waals surface area contributed by atoms with Gasteiger partial charge in [0.25, 0.3) is 0 Å². The summed E-state index contributed by atoms with van der Waals surface area (Å²) in [4.78, 5) is 0. The van der Waals surface area contributed by atoms with E-state index in [-0.39, 0.29) is 26.0 Å². The summed E-state index contributed by atoms with van der Waals surface area (Å²) >= 11 is 0. The zero-order valence-electron chi connectivity index (χ0n) is 4.39. The Morgan fingerprint density at radius 3 is 2.62 bits per heavy atom. The van der Waals surface area contributed by atoms with Crippen molar-refractivity contribution in [2.45, 2.75) is 19.8 Å². The van der Waals surface area contributed by atoms with Crippen molar-refractivity contribution in [1.29, 1.82) is 0 Å². The molecule has 0 amide bonds. The molecule has 0 fully saturated rings. The van der Waals surface area contributed by atoms with Crippen LogP contribution in [-0.4, -0.2) is 24.0 Å². The Bertz CT molecular complexity index is 51.3. The van der Waals surface area contributed by atoms with Crippen LogP contribution in [0.3, 0.4) is 0 Å². The van der Waals surface area contributed by atoms with Crippen LogP contribution in [0.2, 0.25) is 0 Å². The van der Waals surface area contributed by atoms with Crippen molar-refractivity contribution in [1.82, 2.24) is 0 Å². The van der Waals surface area contributed by atoms with Gasteiger partial charge in [-0.25, -0.2) is 4.57 Å². The molecule has 48 valence electrons. The average Bonchev–Trinajstić information content (AvgIpc) is 1.69. The van der Waals surface area contributed by atoms with Gasteiger partial charge in [0.15, 0.2) is 17.4 Å². The highest BCUT2D eigenvalue weighted by atomic mass is 31.1. The molecule has 0 aliphatic carbocycles. The van der Waals surface area contributed by atoms with Gasteiger partial charge in [0.05, 0.1) is 6.61 Å². The van der Waals surface area contributed by atoms with Crippen molar-refractivity contribution in [3.63, 3.8) is 0 Å². The van der Waals surface area contributed by atoms with Crippen LogP contribution in [0.15, 0.2) is 0 Å². The summed E-state index contributed by atoms with van der Waals surface area (Å²) in [5.74, 6) is 0. The van der Waals surface area contributed by atoms with Crippen molar-refractivity contribution in [2.75, 3.05) is 6.61 Å². The van der Waals surface area contributed by atoms with Gasteiger partial charge >= 0.3 is 8.69 Å². The second-order valence-corrected chi connectivity index (χ2v) is 1.67. The second kappa shape index (κ2) is 10.6. The lowest BCUT2D eigenvalue weighted by Gasteiger charge is -1.86. The van der Waals surface area contributed by atoms with Gasteiger partial charge in [0.1, 0.15) is 0 Å². The number of rotatable bonds is 4. The molecule has 0 spiro atoms. The summed E-state index contributed by atoms with van der Waals surface area (Å²) < 4.78 is 14.0. The van der Waals surface area contributed by atoms with E-state index in [1.165, 1.54) is 0 Å². The fourth-order valence-corrected chi connectivity index (χ4v) is 0.450. The standard InChI is InChI=1S/C4H9O2P.Al.3H/c1-2-3-4-6-7-5;;;;/h2-4H2,1H3;;;;. The van der Waals surface area contributed by atoms with E-state index in [9.17, 15) is 4.57 Å². The van der Waals surface area contributed by atoms with E-state index in [0.717, 1.165) is 12.8 Å². The van der Waals surface area contributed by atoms with Crippen molar-refractivity contribution < 1.29 is 9.09 Å². The molecule has 0 N–H and O–H groups in total. The van der Waals surface area contributed by atoms with Crippen LogP contribution in [0.4, 0.5) is 0 Å². The lowest BCUT2D eigenvalue weighted by atomic mass is 10.4. The van der Waals surface area contributed by atoms with Crippen LogP contribution in [0.5, 0.6) is 0 Å². The summed E-state index contributed by atoms with van der Waals surface area (Å²) in [7, 11) is -0.195. The summed E-state index contributed by atoms with van der Waals surface area (Å²) in [6.07, 6.45) is 2.09. The van der Waals surface area contributed by atoms with Crippen molar-refractivity contribution in [2.24, 2.45) is 0 Å². The first-order valence-electron chi connectivity index (χ1n) is 2.36. The van der Waals surface area contributed by atoms with E-state index in [1.807, 2.05) is 0 Å². The highest BCUT2D eigenvalue weighted by Gasteiger charge is 1.80. The Labute approximate surface area is 62.0 Å². The summed E-state index contributed by atoms with van der Waals surface area (Å²) in [6.45, 7) is 2.67. The van der Waals surface area contributed by atoms with Gasteiger partial charge in [0, 0.05) is 0 Å². The number of hydrogen-bond acceptors (Lipinski definition) is 2. The van der Waals surface area contributed by atoms with Gasteiger partial charge in [-0.2, -0.15) is 0 Å². The van der Waals surface area contributed by atoms with Crippen LogP contribution in [0, 0.1) is 0 Å². The Balaban J connectivity index is 0. The third-order valence-corrected chi connectivity index (χ3v) is 0.930. The molecule has 0 rings (SSSR count). The molecular formula is C4H12AlO2P. The SMILES string of the molecule is CCCCOP=O.[AlH3]. The van der Waals surface area contributed by atoms with E-state index in [1.54, 1.807) is 0 Å². The van der Waals surface area contributed by atoms with Crippen LogP contribution < -0.4 is 0 Å². The predicted molar refractivity (Wildman–Crippen MR) is 38.4 cm³/mol. The normalized spacial score (nSPS) is 8.62. The maximum atomic E-state index is 9.55. The second-order valence-electron chi connectivity index (χ2n) is 1.26. The molecule has 0 saturated carbocycles. The van der Waals surface area contributed by atoms with E-state index in [0.29, 0.717) is 6.61 Å². The minimum Gasteiger partial charge on any atom is -0.294 e. The van der Waals surface area contributed by atoms with Crippen molar-refractivity contribution in [3.8, 4) is 0 Å². The first kappa shape index (κ1) is 11.4. The molecule has 0 heterocycles. The Hall–Kier alpha value is 0.592. The fraction of sp³-hybridized carbons (Fsp3) is 1.00. The number of hydrogen-bond donors (Lipinski definition) is 0. The summed E-state index contributed by atoms with van der Waals surface area (Å²) in [5.41, 5.74) is 0. The molecule has 0 atom stereocenters. The minimum absolute atomic E-state index is 0. The van der Waals surface area contributed by atoms with Crippen molar-refractivity contribution in [3.05, 3.63) is 0 Å². The Morgan fingerprint density at radius 1 is 1.62 bits per heavy atom. The highest BCUT2D eigenvalue weighted by molar-refractivity contribution is 7.17. The van der Waals surface area contributed by atoms with Gasteiger partial charge in [-0.3, -0.25) is 4.52 Å². The quantitative estimate of drug-likeness (QED) is 0.337. The van der Waals surface area contributed by atoms with E-state index < -0.39 is 0 Å². The zero-order valence-corrected chi connectivity index (χ0v) is 5.28. The molecule has 0 unspecified atom stereocenters. The molecule has 0 aromatic rings. The summed E-state index contributed by atoms with van der Waals surface area (Å²) in [5, 5.41) is 0. The van der Waals surface area contributed by atoms with E-state index >= 15 is 0 Å². The molecule has 0 bridgehead atoms. The van der Waals surface area contributed by atoms with Crippen LogP contribution in [-0.2, 0) is 9.09 Å². The summed E-state index contributed by atoms with van der Waals surface area (Å²) in [6, 6.07) is 0. The van der Waals surface area contributed by atoms with Gasteiger partial charge in [-0.15, -0.1) is 0 Å². The molecular weight excluding hydrogens is 138 g/mol. The van der Waals surface area contributed by atoms with E-state index in [4.69, 9.17) is 0 Å². The Morgan fingerprint density at radius 2 is 2.25 bits per heavy atom. The molecule has 2 nitrogen and oxygen atoms in total. The molecule has 0 aromatic heterocycles. The van der Waals surface area contributed by atoms with Gasteiger partial charge < -0.3 is 0 Å². The molecule has 0 aliphatic heterocycles.